The molecule has 0 fully saturated rings. The molecule has 6 heteroatoms. The molecule has 3 rings (SSSR count). The lowest BCUT2D eigenvalue weighted by Crippen LogP contribution is -2.38. The van der Waals surface area contributed by atoms with E-state index in [4.69, 9.17) is 0 Å². The van der Waals surface area contributed by atoms with Crippen LogP contribution < -0.4 is 10.6 Å². The van der Waals surface area contributed by atoms with Gasteiger partial charge in [0.05, 0.1) is 5.56 Å². The van der Waals surface area contributed by atoms with Crippen molar-refractivity contribution in [2.24, 2.45) is 0 Å². The van der Waals surface area contributed by atoms with E-state index in [9.17, 15) is 18.0 Å². The zero-order valence-corrected chi connectivity index (χ0v) is 18.1. The molecule has 3 aromatic carbocycles. The number of carbonyl (C=O) groups excluding carboxylic acids is 1. The van der Waals surface area contributed by atoms with E-state index in [1.807, 2.05) is 61.5 Å². The van der Waals surface area contributed by atoms with Gasteiger partial charge in [-0.2, -0.15) is 13.2 Å². The molecule has 0 unspecified atom stereocenters. The molecule has 1 amide bonds. The summed E-state index contributed by atoms with van der Waals surface area (Å²) in [5.41, 5.74) is 3.15. The first-order valence-corrected chi connectivity index (χ1v) is 10.5. The topological polar surface area (TPSA) is 41.1 Å². The van der Waals surface area contributed by atoms with Crippen molar-refractivity contribution in [2.75, 3.05) is 7.05 Å². The minimum Gasteiger partial charge on any atom is -0.358 e. The third-order valence-electron chi connectivity index (χ3n) is 5.58. The standard InChI is InChI=1S/C26H27F3N2O/c1-18-8-6-7-11-22(18)23(17-14-19-12-15-21(16-13-19)26(27,28)29)31-24(25(32)30-2)20-9-4-3-5-10-20/h3-13,15-16,23-24,31H,14,17H2,1-2H3,(H,30,32)/t23-,24+/m1/s1. The van der Waals surface area contributed by atoms with Crippen LogP contribution in [0.1, 0.15) is 46.3 Å². The summed E-state index contributed by atoms with van der Waals surface area (Å²) in [6.45, 7) is 2.01. The van der Waals surface area contributed by atoms with Gasteiger partial charge in [-0.3, -0.25) is 10.1 Å². The number of benzene rings is 3. The normalized spacial score (nSPS) is 13.4. The third kappa shape index (κ3) is 5.98. The van der Waals surface area contributed by atoms with Crippen molar-refractivity contribution in [1.82, 2.24) is 10.6 Å². The molecule has 168 valence electrons. The van der Waals surface area contributed by atoms with Crippen LogP contribution in [0.3, 0.4) is 0 Å². The smallest absolute Gasteiger partial charge is 0.358 e. The molecule has 0 saturated heterocycles. The van der Waals surface area contributed by atoms with Gasteiger partial charge >= 0.3 is 6.18 Å². The zero-order valence-electron chi connectivity index (χ0n) is 18.1. The Morgan fingerprint density at radius 1 is 0.906 bits per heavy atom. The minimum absolute atomic E-state index is 0.149. The van der Waals surface area contributed by atoms with E-state index in [0.717, 1.165) is 34.4 Å². The Labute approximate surface area is 186 Å². The maximum Gasteiger partial charge on any atom is 0.416 e. The van der Waals surface area contributed by atoms with Crippen LogP contribution in [0, 0.1) is 6.92 Å². The predicted molar refractivity (Wildman–Crippen MR) is 120 cm³/mol. The van der Waals surface area contributed by atoms with Gasteiger partial charge in [-0.1, -0.05) is 66.7 Å². The molecule has 0 bridgehead atoms. The van der Waals surface area contributed by atoms with Crippen molar-refractivity contribution in [1.29, 1.82) is 0 Å². The second-order valence-corrected chi connectivity index (χ2v) is 7.77. The zero-order chi connectivity index (χ0) is 23.1. The second kappa shape index (κ2) is 10.5. The fourth-order valence-electron chi connectivity index (χ4n) is 3.79. The summed E-state index contributed by atoms with van der Waals surface area (Å²) in [5, 5.41) is 6.21. The van der Waals surface area contributed by atoms with Crippen LogP contribution in [0.5, 0.6) is 0 Å². The van der Waals surface area contributed by atoms with E-state index >= 15 is 0 Å². The van der Waals surface area contributed by atoms with Gasteiger partial charge in [0.1, 0.15) is 6.04 Å². The lowest BCUT2D eigenvalue weighted by Gasteiger charge is -2.27. The van der Waals surface area contributed by atoms with E-state index in [0.29, 0.717) is 12.8 Å². The third-order valence-corrected chi connectivity index (χ3v) is 5.58. The summed E-state index contributed by atoms with van der Waals surface area (Å²) in [7, 11) is 1.60. The molecular weight excluding hydrogens is 413 g/mol. The van der Waals surface area contributed by atoms with E-state index < -0.39 is 17.8 Å². The Hall–Kier alpha value is -3.12. The molecule has 3 aromatic rings. The van der Waals surface area contributed by atoms with Crippen LogP contribution >= 0.6 is 0 Å². The highest BCUT2D eigenvalue weighted by Crippen LogP contribution is 2.30. The number of amides is 1. The van der Waals surface area contributed by atoms with E-state index in [-0.39, 0.29) is 11.9 Å². The lowest BCUT2D eigenvalue weighted by molar-refractivity contribution is -0.137. The molecule has 0 spiro atoms. The molecule has 2 atom stereocenters. The number of hydrogen-bond donors (Lipinski definition) is 2. The molecular formula is C26H27F3N2O. The van der Waals surface area contributed by atoms with Crippen LogP contribution in [-0.4, -0.2) is 13.0 Å². The van der Waals surface area contributed by atoms with Crippen LogP contribution in [0.2, 0.25) is 0 Å². The highest BCUT2D eigenvalue weighted by molar-refractivity contribution is 5.83. The van der Waals surface area contributed by atoms with Crippen LogP contribution in [0.4, 0.5) is 13.2 Å². The number of halogens is 3. The van der Waals surface area contributed by atoms with Crippen LogP contribution in [0.15, 0.2) is 78.9 Å². The molecule has 2 N–H and O–H groups in total. The number of likely N-dealkylation sites (N-methyl/N-ethyl adjacent to an activating group) is 1. The Morgan fingerprint density at radius 2 is 1.53 bits per heavy atom. The van der Waals surface area contributed by atoms with Gasteiger partial charge in [-0.15, -0.1) is 0 Å². The Balaban J connectivity index is 1.85. The quantitative estimate of drug-likeness (QED) is 0.467. The fraction of sp³-hybridized carbons (Fsp3) is 0.269. The number of nitrogens with one attached hydrogen (secondary N) is 2. The van der Waals surface area contributed by atoms with Gasteiger partial charge < -0.3 is 5.32 Å². The van der Waals surface area contributed by atoms with E-state index in [1.165, 1.54) is 12.1 Å². The largest absolute Gasteiger partial charge is 0.416 e. The maximum absolute atomic E-state index is 12.9. The first-order chi connectivity index (χ1) is 15.3. The Kier molecular flexibility index (Phi) is 7.70. The Morgan fingerprint density at radius 3 is 2.12 bits per heavy atom. The summed E-state index contributed by atoms with van der Waals surface area (Å²) in [6, 6.07) is 22.0. The van der Waals surface area contributed by atoms with Crippen molar-refractivity contribution in [2.45, 2.75) is 38.0 Å². The highest BCUT2D eigenvalue weighted by Gasteiger charge is 2.30. The first-order valence-electron chi connectivity index (χ1n) is 10.5. The van der Waals surface area contributed by atoms with Crippen molar-refractivity contribution in [3.63, 3.8) is 0 Å². The van der Waals surface area contributed by atoms with Crippen LogP contribution in [0.25, 0.3) is 0 Å². The second-order valence-electron chi connectivity index (χ2n) is 7.77. The fourth-order valence-corrected chi connectivity index (χ4v) is 3.79. The molecule has 3 nitrogen and oxygen atoms in total. The van der Waals surface area contributed by atoms with E-state index in [1.54, 1.807) is 7.05 Å². The molecule has 0 saturated carbocycles. The monoisotopic (exact) mass is 440 g/mol. The Bertz CT molecular complexity index is 1020. The minimum atomic E-state index is -4.35. The summed E-state index contributed by atoms with van der Waals surface area (Å²) >= 11 is 0. The summed E-state index contributed by atoms with van der Waals surface area (Å²) in [4.78, 5) is 12.7. The number of alkyl halides is 3. The van der Waals surface area contributed by atoms with Crippen molar-refractivity contribution >= 4 is 5.91 Å². The predicted octanol–water partition coefficient (Wildman–Crippen LogP) is 5.76. The molecule has 0 aliphatic rings. The van der Waals surface area contributed by atoms with Gasteiger partial charge in [-0.05, 0) is 54.2 Å². The average molecular weight is 441 g/mol. The summed E-state index contributed by atoms with van der Waals surface area (Å²) in [6.07, 6.45) is -3.16. The van der Waals surface area contributed by atoms with Crippen molar-refractivity contribution < 1.29 is 18.0 Å². The van der Waals surface area contributed by atoms with Crippen molar-refractivity contribution in [3.05, 3.63) is 107 Å². The first kappa shape index (κ1) is 23.5. The molecule has 0 heterocycles. The maximum atomic E-state index is 12.9. The van der Waals surface area contributed by atoms with Gasteiger partial charge in [0.15, 0.2) is 0 Å². The van der Waals surface area contributed by atoms with E-state index in [2.05, 4.69) is 10.6 Å². The molecule has 0 aromatic heterocycles. The summed E-state index contributed by atoms with van der Waals surface area (Å²) in [5.74, 6) is -0.149. The number of carbonyl (C=O) groups is 1. The number of rotatable bonds is 8. The molecule has 32 heavy (non-hydrogen) atoms. The molecule has 0 aliphatic carbocycles. The van der Waals surface area contributed by atoms with Gasteiger partial charge in [0, 0.05) is 13.1 Å². The number of hydrogen-bond acceptors (Lipinski definition) is 2. The number of aryl methyl sites for hydroxylation is 2. The van der Waals surface area contributed by atoms with Crippen molar-refractivity contribution in [3.8, 4) is 0 Å². The average Bonchev–Trinajstić information content (AvgIpc) is 2.79. The molecule has 0 aliphatic heterocycles. The summed E-state index contributed by atoms with van der Waals surface area (Å²) < 4.78 is 38.6. The SMILES string of the molecule is CNC(=O)[C@@H](N[C@H](CCc1ccc(C(F)(F)F)cc1)c1ccccc1C)c1ccccc1. The van der Waals surface area contributed by atoms with Gasteiger partial charge in [0.25, 0.3) is 0 Å². The van der Waals surface area contributed by atoms with Gasteiger partial charge in [-0.25, -0.2) is 0 Å². The molecule has 0 radical (unpaired) electrons. The van der Waals surface area contributed by atoms with Crippen LogP contribution in [-0.2, 0) is 17.4 Å². The van der Waals surface area contributed by atoms with Gasteiger partial charge in [0.2, 0.25) is 5.91 Å². The highest BCUT2D eigenvalue weighted by atomic mass is 19.4. The lowest BCUT2D eigenvalue weighted by atomic mass is 9.93.